The van der Waals surface area contributed by atoms with Crippen LogP contribution in [0.4, 0.5) is 0 Å². The lowest BCUT2D eigenvalue weighted by Crippen LogP contribution is -2.36. The number of carbonyl (C=O) groups is 1. The normalized spacial score (nSPS) is 13.8. The number of hydrogen-bond acceptors (Lipinski definition) is 8. The number of benzene rings is 2. The highest BCUT2D eigenvalue weighted by Crippen LogP contribution is 2.43. The summed E-state index contributed by atoms with van der Waals surface area (Å²) in [6.07, 6.45) is 0.569. The number of fused-ring (bicyclic) bond motifs is 3. The predicted molar refractivity (Wildman–Crippen MR) is 142 cm³/mol. The van der Waals surface area contributed by atoms with Crippen LogP contribution in [0.3, 0.4) is 0 Å². The maximum absolute atomic E-state index is 13.7. The minimum absolute atomic E-state index is 0.000686. The van der Waals surface area contributed by atoms with E-state index in [1.807, 2.05) is 18.2 Å². The number of ether oxygens (including phenoxy) is 3. The van der Waals surface area contributed by atoms with Crippen LogP contribution in [0.2, 0.25) is 0 Å². The van der Waals surface area contributed by atoms with E-state index >= 15 is 0 Å². The van der Waals surface area contributed by atoms with Gasteiger partial charge in [0.1, 0.15) is 12.4 Å². The lowest BCUT2D eigenvalue weighted by molar-refractivity contribution is -0.132. The summed E-state index contributed by atoms with van der Waals surface area (Å²) >= 11 is 0. The van der Waals surface area contributed by atoms with Crippen molar-refractivity contribution in [2.24, 2.45) is 0 Å². The van der Waals surface area contributed by atoms with E-state index in [1.54, 1.807) is 4.90 Å². The summed E-state index contributed by atoms with van der Waals surface area (Å²) in [5, 5.41) is 22.4. The summed E-state index contributed by atoms with van der Waals surface area (Å²) in [6, 6.07) is 12.3. The molecule has 0 radical (unpaired) electrons. The van der Waals surface area contributed by atoms with Crippen LogP contribution in [0, 0.1) is 0 Å². The molecule has 0 saturated carbocycles. The van der Waals surface area contributed by atoms with Gasteiger partial charge in [-0.15, -0.1) is 0 Å². The van der Waals surface area contributed by atoms with Crippen LogP contribution in [0.25, 0.3) is 10.9 Å². The first-order chi connectivity index (χ1) is 18.8. The molecule has 204 valence electrons. The minimum atomic E-state index is -0.894. The highest BCUT2D eigenvalue weighted by atomic mass is 16.5. The van der Waals surface area contributed by atoms with Crippen molar-refractivity contribution in [3.05, 3.63) is 81.0 Å². The standard InChI is InChI=1S/C29H30N2O8/c1-36-15-17-12-23(32)27(34)29(39-17)20(16-10-24(37-2)28(35)25(11-16)38-3)13-26(33)31-9-8-19-18-6-4-5-7-21(18)30-22(19)14-31/h4-7,10-12,20,30,34-35H,8-9,13-15H2,1-3H3. The molecule has 1 unspecified atom stereocenters. The number of aromatic nitrogens is 1. The molecule has 2 aromatic heterocycles. The first-order valence-corrected chi connectivity index (χ1v) is 12.5. The van der Waals surface area contributed by atoms with Gasteiger partial charge in [-0.05, 0) is 35.7 Å². The second-order valence-corrected chi connectivity index (χ2v) is 9.45. The van der Waals surface area contributed by atoms with E-state index in [4.69, 9.17) is 18.6 Å². The van der Waals surface area contributed by atoms with Gasteiger partial charge < -0.3 is 38.7 Å². The molecule has 0 bridgehead atoms. The fourth-order valence-corrected chi connectivity index (χ4v) is 5.19. The van der Waals surface area contributed by atoms with Crippen molar-refractivity contribution in [2.45, 2.75) is 31.9 Å². The molecule has 0 aliphatic carbocycles. The van der Waals surface area contributed by atoms with Gasteiger partial charge in [0, 0.05) is 42.7 Å². The summed E-state index contributed by atoms with van der Waals surface area (Å²) < 4.78 is 21.7. The second-order valence-electron chi connectivity index (χ2n) is 9.45. The van der Waals surface area contributed by atoms with Crippen molar-refractivity contribution in [3.63, 3.8) is 0 Å². The third-order valence-electron chi connectivity index (χ3n) is 7.12. The van der Waals surface area contributed by atoms with Crippen molar-refractivity contribution in [2.75, 3.05) is 27.9 Å². The third kappa shape index (κ3) is 4.90. The van der Waals surface area contributed by atoms with Crippen LogP contribution in [0.15, 0.2) is 51.7 Å². The molecule has 1 amide bonds. The number of nitrogens with zero attached hydrogens (tertiary/aromatic N) is 1. The van der Waals surface area contributed by atoms with Crippen LogP contribution in [0.1, 0.15) is 40.7 Å². The molecule has 0 spiro atoms. The minimum Gasteiger partial charge on any atom is -0.502 e. The van der Waals surface area contributed by atoms with Crippen molar-refractivity contribution in [3.8, 4) is 23.0 Å². The van der Waals surface area contributed by atoms with Crippen molar-refractivity contribution in [1.29, 1.82) is 0 Å². The van der Waals surface area contributed by atoms with Gasteiger partial charge in [-0.2, -0.15) is 0 Å². The first-order valence-electron chi connectivity index (χ1n) is 12.5. The Morgan fingerprint density at radius 1 is 1.08 bits per heavy atom. The average molecular weight is 535 g/mol. The Labute approximate surface area is 224 Å². The largest absolute Gasteiger partial charge is 0.502 e. The van der Waals surface area contributed by atoms with Crippen LogP contribution in [-0.2, 0) is 29.1 Å². The topological polar surface area (TPSA) is 134 Å². The Bertz CT molecular complexity index is 1560. The number of hydrogen-bond donors (Lipinski definition) is 3. The molecule has 2 aromatic carbocycles. The van der Waals surface area contributed by atoms with E-state index in [1.165, 1.54) is 39.0 Å². The van der Waals surface area contributed by atoms with Gasteiger partial charge >= 0.3 is 0 Å². The molecule has 10 nitrogen and oxygen atoms in total. The molecule has 0 saturated heterocycles. The van der Waals surface area contributed by atoms with Crippen molar-refractivity contribution in [1.82, 2.24) is 9.88 Å². The van der Waals surface area contributed by atoms with Gasteiger partial charge in [0.15, 0.2) is 17.3 Å². The molecular weight excluding hydrogens is 504 g/mol. The number of para-hydroxylation sites is 1. The summed E-state index contributed by atoms with van der Waals surface area (Å²) in [4.78, 5) is 31.5. The number of carbonyl (C=O) groups excluding carboxylic acids is 1. The third-order valence-corrected chi connectivity index (χ3v) is 7.12. The molecule has 0 fully saturated rings. The molecule has 3 N–H and O–H groups in total. The number of methoxy groups -OCH3 is 3. The number of aromatic hydroxyl groups is 2. The maximum atomic E-state index is 13.7. The lowest BCUT2D eigenvalue weighted by Gasteiger charge is -2.29. The summed E-state index contributed by atoms with van der Waals surface area (Å²) in [5.41, 5.74) is 3.01. The van der Waals surface area contributed by atoms with E-state index in [0.29, 0.717) is 25.1 Å². The molecule has 1 aliphatic heterocycles. The smallest absolute Gasteiger partial charge is 0.227 e. The van der Waals surface area contributed by atoms with Gasteiger partial charge in [-0.25, -0.2) is 0 Å². The van der Waals surface area contributed by atoms with E-state index in [2.05, 4.69) is 11.1 Å². The fraction of sp³-hybridized carbons (Fsp3) is 0.310. The van der Waals surface area contributed by atoms with E-state index in [9.17, 15) is 19.8 Å². The van der Waals surface area contributed by atoms with Crippen molar-refractivity contribution >= 4 is 16.8 Å². The van der Waals surface area contributed by atoms with Gasteiger partial charge in [-0.1, -0.05) is 18.2 Å². The van der Waals surface area contributed by atoms with Crippen molar-refractivity contribution < 1.29 is 33.6 Å². The van der Waals surface area contributed by atoms with Gasteiger partial charge in [0.25, 0.3) is 0 Å². The highest BCUT2D eigenvalue weighted by Gasteiger charge is 2.31. The number of H-pyrrole nitrogens is 1. The Hall–Kier alpha value is -4.44. The maximum Gasteiger partial charge on any atom is 0.227 e. The van der Waals surface area contributed by atoms with E-state index < -0.39 is 17.1 Å². The monoisotopic (exact) mass is 534 g/mol. The molecule has 1 aliphatic rings. The second kappa shape index (κ2) is 10.7. The molecule has 3 heterocycles. The zero-order valence-electron chi connectivity index (χ0n) is 21.9. The molecular formula is C29H30N2O8. The predicted octanol–water partition coefficient (Wildman–Crippen LogP) is 3.80. The first kappa shape index (κ1) is 26.2. The van der Waals surface area contributed by atoms with E-state index in [0.717, 1.165) is 22.7 Å². The average Bonchev–Trinajstić information content (AvgIpc) is 3.32. The van der Waals surface area contributed by atoms with Crippen LogP contribution < -0.4 is 14.9 Å². The SMILES string of the molecule is COCc1cc(=O)c(O)c(C(CC(=O)N2CCc3c([nH]c4ccccc34)C2)c2cc(OC)c(O)c(OC)c2)o1. The quantitative estimate of drug-likeness (QED) is 0.311. The van der Waals surface area contributed by atoms with Crippen LogP contribution in [0.5, 0.6) is 23.0 Å². The van der Waals surface area contributed by atoms with Gasteiger partial charge in [0.05, 0.1) is 26.7 Å². The summed E-state index contributed by atoms with van der Waals surface area (Å²) in [6.45, 7) is 0.917. The van der Waals surface area contributed by atoms with Crippen LogP contribution >= 0.6 is 0 Å². The molecule has 4 aromatic rings. The Balaban J connectivity index is 1.54. The zero-order valence-corrected chi connectivity index (χ0v) is 21.9. The number of aromatic amines is 1. The Morgan fingerprint density at radius 2 is 1.79 bits per heavy atom. The van der Waals surface area contributed by atoms with E-state index in [-0.39, 0.29) is 47.7 Å². The number of nitrogens with one attached hydrogen (secondary N) is 1. The fourth-order valence-electron chi connectivity index (χ4n) is 5.19. The Kier molecular flexibility index (Phi) is 7.21. The molecule has 39 heavy (non-hydrogen) atoms. The lowest BCUT2D eigenvalue weighted by atomic mass is 9.90. The highest BCUT2D eigenvalue weighted by molar-refractivity contribution is 5.86. The number of amides is 1. The summed E-state index contributed by atoms with van der Waals surface area (Å²) in [5.74, 6) is -1.57. The summed E-state index contributed by atoms with van der Waals surface area (Å²) in [7, 11) is 4.24. The number of phenolic OH excluding ortho intramolecular Hbond substituents is 1. The Morgan fingerprint density at radius 3 is 2.49 bits per heavy atom. The molecule has 10 heteroatoms. The number of rotatable bonds is 8. The van der Waals surface area contributed by atoms with Gasteiger partial charge in [0.2, 0.25) is 22.8 Å². The molecule has 5 rings (SSSR count). The zero-order chi connectivity index (χ0) is 27.7. The molecule has 1 atom stereocenters. The van der Waals surface area contributed by atoms with Gasteiger partial charge in [-0.3, -0.25) is 9.59 Å². The van der Waals surface area contributed by atoms with Crippen LogP contribution in [-0.4, -0.2) is 53.9 Å². The number of phenols is 1.